The van der Waals surface area contributed by atoms with Crippen LogP contribution in [0.25, 0.3) is 0 Å². The first-order valence-corrected chi connectivity index (χ1v) is 14.8. The Hall–Kier alpha value is -3.24. The van der Waals surface area contributed by atoms with E-state index in [-0.39, 0.29) is 10.6 Å². The highest BCUT2D eigenvalue weighted by Gasteiger charge is 2.35. The van der Waals surface area contributed by atoms with Gasteiger partial charge in [-0.1, -0.05) is 41.4 Å². The number of rotatable bonds is 8. The van der Waals surface area contributed by atoms with Gasteiger partial charge in [0.1, 0.15) is 6.54 Å². The van der Waals surface area contributed by atoms with Gasteiger partial charge in [-0.3, -0.25) is 9.10 Å². The fourth-order valence-corrected chi connectivity index (χ4v) is 6.30. The van der Waals surface area contributed by atoms with Crippen molar-refractivity contribution in [2.24, 2.45) is 0 Å². The Kier molecular flexibility index (Phi) is 8.99. The Bertz CT molecular complexity index is 1440. The molecule has 1 heterocycles. The summed E-state index contributed by atoms with van der Waals surface area (Å²) in [4.78, 5) is 15.3. The zero-order valence-corrected chi connectivity index (χ0v) is 23.8. The lowest BCUT2D eigenvalue weighted by Gasteiger charge is -2.29. The first-order chi connectivity index (χ1) is 18.9. The van der Waals surface area contributed by atoms with Crippen LogP contribution in [0.4, 0.5) is 24.5 Å². The van der Waals surface area contributed by atoms with Crippen LogP contribution in [0.1, 0.15) is 48.9 Å². The summed E-state index contributed by atoms with van der Waals surface area (Å²) in [6, 6.07) is 15.9. The van der Waals surface area contributed by atoms with Crippen LogP contribution < -0.4 is 14.5 Å². The number of aryl methyl sites for hydroxylation is 1. The zero-order chi connectivity index (χ0) is 29.1. The molecule has 0 saturated carbocycles. The number of anilines is 2. The quantitative estimate of drug-likeness (QED) is 0.314. The van der Waals surface area contributed by atoms with E-state index in [1.54, 1.807) is 26.0 Å². The van der Waals surface area contributed by atoms with E-state index in [1.807, 2.05) is 24.3 Å². The maximum absolute atomic E-state index is 13.6. The minimum Gasteiger partial charge on any atom is -0.372 e. The van der Waals surface area contributed by atoms with Gasteiger partial charge in [0.2, 0.25) is 5.91 Å². The molecule has 6 nitrogen and oxygen atoms in total. The van der Waals surface area contributed by atoms with Crippen LogP contribution in [-0.4, -0.2) is 34.0 Å². The molecule has 1 amide bonds. The van der Waals surface area contributed by atoms with Crippen molar-refractivity contribution in [3.8, 4) is 0 Å². The van der Waals surface area contributed by atoms with Crippen molar-refractivity contribution >= 4 is 38.9 Å². The fraction of sp³-hybridized carbons (Fsp3) is 0.345. The van der Waals surface area contributed by atoms with E-state index in [9.17, 15) is 26.4 Å². The number of benzene rings is 3. The molecule has 214 valence electrons. The van der Waals surface area contributed by atoms with Gasteiger partial charge in [0.05, 0.1) is 27.2 Å². The Morgan fingerprint density at radius 1 is 1.00 bits per heavy atom. The third kappa shape index (κ3) is 6.90. The molecule has 0 radical (unpaired) electrons. The SMILES string of the molecule is Cc1ccc(S(=O)(=O)N(CC(=O)NC(C)c2ccc(N3CCCCC3)cc2)c2ccc(Cl)c(C(F)(F)F)c2)cc1. The lowest BCUT2D eigenvalue weighted by molar-refractivity contribution is -0.137. The molecule has 1 N–H and O–H groups in total. The molecule has 3 aromatic carbocycles. The Morgan fingerprint density at radius 2 is 1.62 bits per heavy atom. The van der Waals surface area contributed by atoms with Gasteiger partial charge in [-0.25, -0.2) is 8.42 Å². The van der Waals surface area contributed by atoms with E-state index in [0.29, 0.717) is 10.4 Å². The largest absolute Gasteiger partial charge is 0.417 e. The van der Waals surface area contributed by atoms with Crippen LogP contribution >= 0.6 is 11.6 Å². The molecule has 11 heteroatoms. The minimum atomic E-state index is -4.82. The van der Waals surface area contributed by atoms with E-state index in [2.05, 4.69) is 10.2 Å². The predicted octanol–water partition coefficient (Wildman–Crippen LogP) is 6.73. The molecule has 3 aromatic rings. The topological polar surface area (TPSA) is 69.7 Å². The van der Waals surface area contributed by atoms with Crippen LogP contribution in [-0.2, 0) is 21.0 Å². The number of hydrogen-bond donors (Lipinski definition) is 1. The molecule has 1 aliphatic heterocycles. The highest BCUT2D eigenvalue weighted by Crippen LogP contribution is 2.38. The van der Waals surface area contributed by atoms with Crippen molar-refractivity contribution in [2.45, 2.75) is 50.2 Å². The minimum absolute atomic E-state index is 0.157. The van der Waals surface area contributed by atoms with E-state index in [4.69, 9.17) is 11.6 Å². The molecule has 0 bridgehead atoms. The average Bonchev–Trinajstić information content (AvgIpc) is 2.92. The number of halogens is 4. The molecule has 1 unspecified atom stereocenters. The number of sulfonamides is 1. The number of carbonyl (C=O) groups is 1. The second kappa shape index (κ2) is 12.1. The van der Waals surface area contributed by atoms with Crippen LogP contribution in [0.2, 0.25) is 5.02 Å². The number of alkyl halides is 3. The molecule has 4 rings (SSSR count). The van der Waals surface area contributed by atoms with Crippen molar-refractivity contribution in [2.75, 3.05) is 28.8 Å². The standard InChI is InChI=1S/C29H31ClF3N3O3S/c1-20-6-13-25(14-7-20)40(38,39)36(24-12-15-27(30)26(18-24)29(31,32)33)19-28(37)34-21(2)22-8-10-23(11-9-22)35-16-4-3-5-17-35/h6-15,18,21H,3-5,16-17,19H2,1-2H3,(H,34,37). The number of hydrogen-bond acceptors (Lipinski definition) is 4. The molecule has 1 atom stereocenters. The van der Waals surface area contributed by atoms with Gasteiger partial charge in [-0.2, -0.15) is 13.2 Å². The van der Waals surface area contributed by atoms with E-state index < -0.39 is 45.3 Å². The highest BCUT2D eigenvalue weighted by atomic mass is 35.5. The van der Waals surface area contributed by atoms with E-state index in [1.165, 1.54) is 18.6 Å². The lowest BCUT2D eigenvalue weighted by atomic mass is 10.1. The summed E-state index contributed by atoms with van der Waals surface area (Å²) in [5.74, 6) is -0.674. The van der Waals surface area contributed by atoms with Gasteiger partial charge in [0, 0.05) is 18.8 Å². The molecule has 40 heavy (non-hydrogen) atoms. The second-order valence-corrected chi connectivity index (χ2v) is 12.2. The van der Waals surface area contributed by atoms with Crippen LogP contribution in [0.5, 0.6) is 0 Å². The van der Waals surface area contributed by atoms with Crippen LogP contribution in [0, 0.1) is 6.92 Å². The number of piperidine rings is 1. The summed E-state index contributed by atoms with van der Waals surface area (Å²) >= 11 is 5.77. The summed E-state index contributed by atoms with van der Waals surface area (Å²) < 4.78 is 68.6. The highest BCUT2D eigenvalue weighted by molar-refractivity contribution is 7.92. The van der Waals surface area contributed by atoms with E-state index in [0.717, 1.165) is 54.9 Å². The normalized spacial score (nSPS) is 15.0. The molecule has 1 aliphatic rings. The van der Waals surface area contributed by atoms with Gasteiger partial charge < -0.3 is 10.2 Å². The molecule has 0 aromatic heterocycles. The Morgan fingerprint density at radius 3 is 2.23 bits per heavy atom. The lowest BCUT2D eigenvalue weighted by Crippen LogP contribution is -2.41. The third-order valence-corrected chi connectivity index (χ3v) is 9.05. The van der Waals surface area contributed by atoms with Crippen LogP contribution in [0.15, 0.2) is 71.6 Å². The first-order valence-electron chi connectivity index (χ1n) is 13.0. The van der Waals surface area contributed by atoms with Crippen molar-refractivity contribution in [3.05, 3.63) is 88.4 Å². The number of nitrogens with one attached hydrogen (secondary N) is 1. The second-order valence-electron chi connectivity index (χ2n) is 9.92. The van der Waals surface area contributed by atoms with Crippen molar-refractivity contribution in [1.82, 2.24) is 5.32 Å². The maximum atomic E-state index is 13.6. The summed E-state index contributed by atoms with van der Waals surface area (Å²) in [7, 11) is -4.40. The van der Waals surface area contributed by atoms with Crippen molar-refractivity contribution in [1.29, 1.82) is 0 Å². The van der Waals surface area contributed by atoms with Gasteiger partial charge in [-0.15, -0.1) is 0 Å². The van der Waals surface area contributed by atoms with Crippen molar-refractivity contribution < 1.29 is 26.4 Å². The van der Waals surface area contributed by atoms with Gasteiger partial charge in [0.15, 0.2) is 0 Å². The maximum Gasteiger partial charge on any atom is 0.417 e. The molecular weight excluding hydrogens is 563 g/mol. The molecule has 1 fully saturated rings. The molecule has 0 aliphatic carbocycles. The summed E-state index contributed by atoms with van der Waals surface area (Å²) in [6.07, 6.45) is -1.30. The first kappa shape index (κ1) is 29.7. The monoisotopic (exact) mass is 593 g/mol. The van der Waals surface area contributed by atoms with Gasteiger partial charge >= 0.3 is 6.18 Å². The average molecular weight is 594 g/mol. The number of amides is 1. The fourth-order valence-electron chi connectivity index (χ4n) is 4.66. The zero-order valence-electron chi connectivity index (χ0n) is 22.2. The Balaban J connectivity index is 1.58. The smallest absolute Gasteiger partial charge is 0.372 e. The van der Waals surface area contributed by atoms with Crippen LogP contribution in [0.3, 0.4) is 0 Å². The van der Waals surface area contributed by atoms with Gasteiger partial charge in [-0.05, 0) is 81.1 Å². The van der Waals surface area contributed by atoms with Crippen molar-refractivity contribution in [3.63, 3.8) is 0 Å². The Labute approximate surface area is 237 Å². The molecular formula is C29H31ClF3N3O3S. The van der Waals surface area contributed by atoms with E-state index >= 15 is 0 Å². The predicted molar refractivity (Wildman–Crippen MR) is 151 cm³/mol. The van der Waals surface area contributed by atoms with Gasteiger partial charge in [0.25, 0.3) is 10.0 Å². The summed E-state index contributed by atoms with van der Waals surface area (Å²) in [6.45, 7) is 4.80. The molecule has 1 saturated heterocycles. The number of carbonyl (C=O) groups excluding carboxylic acids is 1. The molecule has 0 spiro atoms. The summed E-state index contributed by atoms with van der Waals surface area (Å²) in [5, 5.41) is 2.20. The summed E-state index contributed by atoms with van der Waals surface area (Å²) in [5.41, 5.74) is 1.19. The third-order valence-electron chi connectivity index (χ3n) is 6.93. The number of nitrogens with zero attached hydrogens (tertiary/aromatic N) is 2.